The van der Waals surface area contributed by atoms with E-state index in [0.29, 0.717) is 17.8 Å². The number of hydrogen-bond donors (Lipinski definition) is 0. The van der Waals surface area contributed by atoms with Crippen LogP contribution in [0.5, 0.6) is 0 Å². The zero-order valence-electron chi connectivity index (χ0n) is 12.5. The van der Waals surface area contributed by atoms with E-state index in [2.05, 4.69) is 50.9 Å². The van der Waals surface area contributed by atoms with Gasteiger partial charge in [-0.15, -0.1) is 0 Å². The second-order valence-electron chi connectivity index (χ2n) is 6.04. The van der Waals surface area contributed by atoms with Gasteiger partial charge in [0.05, 0.1) is 13.2 Å². The van der Waals surface area contributed by atoms with E-state index in [0.717, 1.165) is 19.6 Å². The Labute approximate surface area is 116 Å². The molecular formula is C17H25NO. The van der Waals surface area contributed by atoms with Gasteiger partial charge >= 0.3 is 0 Å². The number of nitrogens with zero attached hydrogens (tertiary/aromatic N) is 1. The lowest BCUT2D eigenvalue weighted by Gasteiger charge is -2.25. The van der Waals surface area contributed by atoms with Crippen molar-refractivity contribution in [1.29, 1.82) is 0 Å². The third-order valence-electron chi connectivity index (χ3n) is 3.89. The van der Waals surface area contributed by atoms with E-state index in [1.54, 1.807) is 0 Å². The molecule has 0 bridgehead atoms. The van der Waals surface area contributed by atoms with Gasteiger partial charge < -0.3 is 4.74 Å². The Morgan fingerprint density at radius 2 is 1.89 bits per heavy atom. The molecule has 1 aromatic heterocycles. The van der Waals surface area contributed by atoms with E-state index in [1.165, 1.54) is 16.8 Å². The molecule has 0 N–H and O–H groups in total. The smallest absolute Gasteiger partial charge is 0.0653 e. The van der Waals surface area contributed by atoms with E-state index >= 15 is 0 Å². The van der Waals surface area contributed by atoms with E-state index in [9.17, 15) is 0 Å². The first kappa shape index (κ1) is 14.3. The van der Waals surface area contributed by atoms with Crippen molar-refractivity contribution in [3.8, 4) is 0 Å². The Morgan fingerprint density at radius 3 is 2.47 bits per heavy atom. The van der Waals surface area contributed by atoms with Gasteiger partial charge in [-0.3, -0.25) is 4.98 Å². The average molecular weight is 259 g/mol. The summed E-state index contributed by atoms with van der Waals surface area (Å²) in [5, 5.41) is 0. The minimum Gasteiger partial charge on any atom is -0.377 e. The maximum Gasteiger partial charge on any atom is 0.0653 e. The highest BCUT2D eigenvalue weighted by Gasteiger charge is 2.21. The third-order valence-corrected chi connectivity index (χ3v) is 3.89. The molecule has 1 aromatic rings. The molecule has 0 atom stereocenters. The second kappa shape index (κ2) is 6.33. The van der Waals surface area contributed by atoms with Crippen LogP contribution >= 0.6 is 0 Å². The molecule has 0 unspecified atom stereocenters. The van der Waals surface area contributed by atoms with E-state index in [1.807, 2.05) is 6.20 Å². The highest BCUT2D eigenvalue weighted by atomic mass is 16.5. The van der Waals surface area contributed by atoms with Crippen LogP contribution in [0, 0.1) is 11.8 Å². The van der Waals surface area contributed by atoms with Gasteiger partial charge in [-0.25, -0.2) is 0 Å². The molecule has 104 valence electrons. The largest absolute Gasteiger partial charge is 0.377 e. The fourth-order valence-corrected chi connectivity index (χ4v) is 3.07. The van der Waals surface area contributed by atoms with Crippen LogP contribution in [0.1, 0.15) is 51.3 Å². The molecule has 0 fully saturated rings. The summed E-state index contributed by atoms with van der Waals surface area (Å²) in [6.07, 6.45) is 5.17. The van der Waals surface area contributed by atoms with Crippen LogP contribution in [0.4, 0.5) is 0 Å². The van der Waals surface area contributed by atoms with Crippen LogP contribution in [0.25, 0.3) is 5.57 Å². The van der Waals surface area contributed by atoms with Gasteiger partial charge in [0.15, 0.2) is 0 Å². The molecule has 1 aliphatic rings. The predicted octanol–water partition coefficient (Wildman–Crippen LogP) is 4.28. The minimum atomic E-state index is 0.528. The van der Waals surface area contributed by atoms with Crippen LogP contribution in [0.3, 0.4) is 0 Å². The maximum absolute atomic E-state index is 5.38. The maximum atomic E-state index is 5.38. The molecule has 0 spiro atoms. The number of hydrogen-bond acceptors (Lipinski definition) is 2. The molecule has 0 radical (unpaired) electrons. The van der Waals surface area contributed by atoms with Gasteiger partial charge in [-0.1, -0.05) is 33.8 Å². The topological polar surface area (TPSA) is 22.1 Å². The van der Waals surface area contributed by atoms with Crippen molar-refractivity contribution in [2.75, 3.05) is 13.2 Å². The van der Waals surface area contributed by atoms with Crippen LogP contribution < -0.4 is 0 Å². The normalized spacial score (nSPS) is 16.3. The standard InChI is InChI=1S/C17H25NO/c1-12(2)17(13(3)4)16-11-15(5-8-18-16)14-6-9-19-10-7-14/h5-6,8,11-13,17H,7,9-10H2,1-4H3. The molecule has 1 aliphatic heterocycles. The molecule has 2 heterocycles. The third kappa shape index (κ3) is 3.44. The summed E-state index contributed by atoms with van der Waals surface area (Å²) in [5.41, 5.74) is 3.95. The van der Waals surface area contributed by atoms with E-state index < -0.39 is 0 Å². The lowest BCUT2D eigenvalue weighted by molar-refractivity contribution is 0.161. The summed E-state index contributed by atoms with van der Waals surface area (Å²) >= 11 is 0. The van der Waals surface area contributed by atoms with Crippen molar-refractivity contribution in [3.05, 3.63) is 35.7 Å². The molecule has 19 heavy (non-hydrogen) atoms. The lowest BCUT2D eigenvalue weighted by Crippen LogP contribution is -2.15. The molecule has 2 rings (SSSR count). The summed E-state index contributed by atoms with van der Waals surface area (Å²) in [6, 6.07) is 4.40. The molecule has 0 saturated heterocycles. The molecule has 0 aliphatic carbocycles. The van der Waals surface area contributed by atoms with Crippen molar-refractivity contribution < 1.29 is 4.74 Å². The van der Waals surface area contributed by atoms with Gasteiger partial charge in [0.25, 0.3) is 0 Å². The van der Waals surface area contributed by atoms with Gasteiger partial charge in [-0.2, -0.15) is 0 Å². The van der Waals surface area contributed by atoms with Crippen LogP contribution in [-0.2, 0) is 4.74 Å². The summed E-state index contributed by atoms with van der Waals surface area (Å²) in [4.78, 5) is 4.62. The Kier molecular flexibility index (Phi) is 4.76. The Hall–Kier alpha value is -1.15. The first-order valence-electron chi connectivity index (χ1n) is 7.32. The van der Waals surface area contributed by atoms with Gasteiger partial charge in [0.1, 0.15) is 0 Å². The summed E-state index contributed by atoms with van der Waals surface area (Å²) in [7, 11) is 0. The quantitative estimate of drug-likeness (QED) is 0.805. The van der Waals surface area contributed by atoms with E-state index in [-0.39, 0.29) is 0 Å². The van der Waals surface area contributed by atoms with Crippen molar-refractivity contribution in [1.82, 2.24) is 4.98 Å². The zero-order chi connectivity index (χ0) is 13.8. The minimum absolute atomic E-state index is 0.528. The zero-order valence-corrected chi connectivity index (χ0v) is 12.5. The second-order valence-corrected chi connectivity index (χ2v) is 6.04. The van der Waals surface area contributed by atoms with Gasteiger partial charge in [-0.05, 0) is 41.5 Å². The lowest BCUT2D eigenvalue weighted by atomic mass is 9.82. The van der Waals surface area contributed by atoms with Crippen molar-refractivity contribution >= 4 is 5.57 Å². The van der Waals surface area contributed by atoms with E-state index in [4.69, 9.17) is 4.74 Å². The molecular weight excluding hydrogens is 234 g/mol. The fraction of sp³-hybridized carbons (Fsp3) is 0.588. The van der Waals surface area contributed by atoms with Crippen LogP contribution in [-0.4, -0.2) is 18.2 Å². The van der Waals surface area contributed by atoms with Gasteiger partial charge in [0.2, 0.25) is 0 Å². The predicted molar refractivity (Wildman–Crippen MR) is 80.1 cm³/mol. The number of rotatable bonds is 4. The molecule has 0 amide bonds. The highest BCUT2D eigenvalue weighted by molar-refractivity contribution is 5.66. The molecule has 2 nitrogen and oxygen atoms in total. The summed E-state index contributed by atoms with van der Waals surface area (Å²) in [5.74, 6) is 1.76. The molecule has 2 heteroatoms. The van der Waals surface area contributed by atoms with Crippen molar-refractivity contribution in [2.24, 2.45) is 11.8 Å². The van der Waals surface area contributed by atoms with Crippen LogP contribution in [0.15, 0.2) is 24.4 Å². The average Bonchev–Trinajstić information content (AvgIpc) is 2.39. The first-order chi connectivity index (χ1) is 9.09. The number of aromatic nitrogens is 1. The Morgan fingerprint density at radius 1 is 1.16 bits per heavy atom. The first-order valence-corrected chi connectivity index (χ1v) is 7.32. The summed E-state index contributed by atoms with van der Waals surface area (Å²) < 4.78 is 5.38. The Bertz CT molecular complexity index is 440. The molecule has 0 aromatic carbocycles. The number of pyridine rings is 1. The number of ether oxygens (including phenoxy) is 1. The SMILES string of the molecule is CC(C)C(c1cc(C2=CCOCC2)ccn1)C(C)C. The van der Waals surface area contributed by atoms with Crippen molar-refractivity contribution in [3.63, 3.8) is 0 Å². The van der Waals surface area contributed by atoms with Gasteiger partial charge in [0, 0.05) is 17.8 Å². The molecule has 0 saturated carbocycles. The monoisotopic (exact) mass is 259 g/mol. The van der Waals surface area contributed by atoms with Crippen LogP contribution in [0.2, 0.25) is 0 Å². The Balaban J connectivity index is 2.30. The fourth-order valence-electron chi connectivity index (χ4n) is 3.07. The van der Waals surface area contributed by atoms with Crippen molar-refractivity contribution in [2.45, 2.75) is 40.0 Å². The highest BCUT2D eigenvalue weighted by Crippen LogP contribution is 2.32. The summed E-state index contributed by atoms with van der Waals surface area (Å²) in [6.45, 7) is 10.7.